The summed E-state index contributed by atoms with van der Waals surface area (Å²) in [4.78, 5) is 16.4. The van der Waals surface area contributed by atoms with Gasteiger partial charge in [0.1, 0.15) is 0 Å². The summed E-state index contributed by atoms with van der Waals surface area (Å²) in [5.41, 5.74) is 0.400. The van der Waals surface area contributed by atoms with Crippen LogP contribution in [0, 0.1) is 5.41 Å². The molecule has 1 saturated carbocycles. The van der Waals surface area contributed by atoms with Gasteiger partial charge in [0.2, 0.25) is 0 Å². The molecule has 21 heavy (non-hydrogen) atoms. The number of carbonyl (C=O) groups is 1. The first-order valence-electron chi connectivity index (χ1n) is 8.49. The number of hydrogen-bond donors (Lipinski definition) is 1. The number of rotatable bonds is 3. The molecule has 2 heterocycles. The number of hydrogen-bond acceptors (Lipinski definition) is 4. The summed E-state index contributed by atoms with van der Waals surface area (Å²) in [6, 6.07) is 1.46. The highest BCUT2D eigenvalue weighted by Crippen LogP contribution is 2.50. The van der Waals surface area contributed by atoms with Gasteiger partial charge in [-0.3, -0.25) is 0 Å². The van der Waals surface area contributed by atoms with Crippen LogP contribution in [0.15, 0.2) is 0 Å². The Kier molecular flexibility index (Phi) is 4.41. The quantitative estimate of drug-likeness (QED) is 0.860. The number of carbonyl (C=O) groups excluding carboxylic acids is 1. The average Bonchev–Trinajstić information content (AvgIpc) is 2.92. The van der Waals surface area contributed by atoms with Crippen LogP contribution in [0.3, 0.4) is 0 Å². The molecule has 2 saturated heterocycles. The Morgan fingerprint density at radius 1 is 1.29 bits per heavy atom. The van der Waals surface area contributed by atoms with E-state index in [4.69, 9.17) is 4.74 Å². The first-order chi connectivity index (χ1) is 10.2. The minimum Gasteiger partial charge on any atom is -0.450 e. The maximum atomic E-state index is 11.8. The van der Waals surface area contributed by atoms with Gasteiger partial charge in [0, 0.05) is 25.2 Å². The molecule has 5 nitrogen and oxygen atoms in total. The molecule has 1 amide bonds. The summed E-state index contributed by atoms with van der Waals surface area (Å²) in [7, 11) is 2.07. The second-order valence-electron chi connectivity index (χ2n) is 7.03. The number of nitrogens with zero attached hydrogens (tertiary/aromatic N) is 2. The molecule has 0 atom stereocenters. The van der Waals surface area contributed by atoms with E-state index < -0.39 is 0 Å². The van der Waals surface area contributed by atoms with E-state index in [-0.39, 0.29) is 6.09 Å². The molecular formula is C16H29N3O2. The Hall–Kier alpha value is -0.810. The predicted molar refractivity (Wildman–Crippen MR) is 82.3 cm³/mol. The minimum atomic E-state index is -0.118. The number of nitrogens with one attached hydrogen (secondary N) is 1. The van der Waals surface area contributed by atoms with Gasteiger partial charge in [0.15, 0.2) is 0 Å². The van der Waals surface area contributed by atoms with Crippen molar-refractivity contribution in [2.75, 3.05) is 39.8 Å². The van der Waals surface area contributed by atoms with E-state index in [2.05, 4.69) is 17.3 Å². The van der Waals surface area contributed by atoms with Gasteiger partial charge in [-0.05, 0) is 64.6 Å². The normalized spacial score (nSPS) is 34.2. The molecule has 120 valence electrons. The van der Waals surface area contributed by atoms with Crippen LogP contribution in [0.1, 0.15) is 39.0 Å². The lowest BCUT2D eigenvalue weighted by atomic mass is 9.64. The summed E-state index contributed by atoms with van der Waals surface area (Å²) in [5.74, 6) is 0. The zero-order chi connectivity index (χ0) is 14.9. The molecule has 3 rings (SSSR count). The van der Waals surface area contributed by atoms with Gasteiger partial charge in [-0.15, -0.1) is 0 Å². The van der Waals surface area contributed by atoms with Crippen molar-refractivity contribution in [1.82, 2.24) is 15.1 Å². The monoisotopic (exact) mass is 295 g/mol. The van der Waals surface area contributed by atoms with E-state index in [1.54, 1.807) is 0 Å². The van der Waals surface area contributed by atoms with Crippen molar-refractivity contribution in [3.05, 3.63) is 0 Å². The third kappa shape index (κ3) is 3.04. The maximum absolute atomic E-state index is 11.8. The van der Waals surface area contributed by atoms with Crippen LogP contribution in [0.5, 0.6) is 0 Å². The van der Waals surface area contributed by atoms with Crippen LogP contribution in [-0.4, -0.2) is 67.8 Å². The van der Waals surface area contributed by atoms with Gasteiger partial charge in [-0.25, -0.2) is 4.79 Å². The smallest absolute Gasteiger partial charge is 0.409 e. The van der Waals surface area contributed by atoms with Crippen molar-refractivity contribution >= 4 is 6.09 Å². The Bertz CT molecular complexity index is 374. The summed E-state index contributed by atoms with van der Waals surface area (Å²) in [6.45, 7) is 6.60. The van der Waals surface area contributed by atoms with E-state index in [0.29, 0.717) is 18.1 Å². The summed E-state index contributed by atoms with van der Waals surface area (Å²) in [6.07, 6.45) is 6.13. The lowest BCUT2D eigenvalue weighted by Crippen LogP contribution is -2.55. The molecule has 5 heteroatoms. The molecule has 1 N–H and O–H groups in total. The second-order valence-corrected chi connectivity index (χ2v) is 7.03. The fourth-order valence-electron chi connectivity index (χ4n) is 4.39. The van der Waals surface area contributed by atoms with Gasteiger partial charge < -0.3 is 19.9 Å². The lowest BCUT2D eigenvalue weighted by molar-refractivity contribution is -0.00573. The molecule has 3 aliphatic rings. The first-order valence-corrected chi connectivity index (χ1v) is 8.49. The van der Waals surface area contributed by atoms with Crippen LogP contribution in [0.2, 0.25) is 0 Å². The predicted octanol–water partition coefficient (Wildman–Crippen LogP) is 1.68. The maximum Gasteiger partial charge on any atom is 0.409 e. The van der Waals surface area contributed by atoms with Crippen molar-refractivity contribution in [3.63, 3.8) is 0 Å². The first kappa shape index (κ1) is 15.1. The molecule has 1 aliphatic carbocycles. The number of amides is 1. The van der Waals surface area contributed by atoms with Crippen molar-refractivity contribution in [1.29, 1.82) is 0 Å². The Labute approximate surface area is 128 Å². The zero-order valence-electron chi connectivity index (χ0n) is 13.4. The third-order valence-electron chi connectivity index (χ3n) is 5.76. The summed E-state index contributed by atoms with van der Waals surface area (Å²) >= 11 is 0. The fourth-order valence-corrected chi connectivity index (χ4v) is 4.39. The van der Waals surface area contributed by atoms with Crippen LogP contribution >= 0.6 is 0 Å². The number of ether oxygens (including phenoxy) is 1. The van der Waals surface area contributed by atoms with Crippen LogP contribution in [0.4, 0.5) is 4.79 Å². The van der Waals surface area contributed by atoms with Crippen molar-refractivity contribution in [2.24, 2.45) is 5.41 Å². The lowest BCUT2D eigenvalue weighted by Gasteiger charge is -2.51. The second kappa shape index (κ2) is 6.13. The average molecular weight is 295 g/mol. The molecule has 0 aromatic carbocycles. The van der Waals surface area contributed by atoms with Gasteiger partial charge >= 0.3 is 6.09 Å². The van der Waals surface area contributed by atoms with E-state index in [0.717, 1.165) is 25.6 Å². The van der Waals surface area contributed by atoms with Crippen molar-refractivity contribution in [2.45, 2.75) is 51.1 Å². The SMILES string of the molecule is CCOC(=O)N1CCC2(CC(N3CCC(NC)CC3)C2)C1. The van der Waals surface area contributed by atoms with E-state index in [9.17, 15) is 4.79 Å². The van der Waals surface area contributed by atoms with Crippen molar-refractivity contribution in [3.8, 4) is 0 Å². The van der Waals surface area contributed by atoms with Gasteiger partial charge in [0.05, 0.1) is 6.61 Å². The van der Waals surface area contributed by atoms with Crippen LogP contribution in [0.25, 0.3) is 0 Å². The van der Waals surface area contributed by atoms with Crippen LogP contribution in [-0.2, 0) is 4.74 Å². The summed E-state index contributed by atoms with van der Waals surface area (Å²) in [5, 5.41) is 3.39. The number of piperidine rings is 1. The Balaban J connectivity index is 1.44. The van der Waals surface area contributed by atoms with E-state index in [1.165, 1.54) is 38.8 Å². The molecule has 2 aliphatic heterocycles. The molecular weight excluding hydrogens is 266 g/mol. The topological polar surface area (TPSA) is 44.8 Å². The molecule has 0 aromatic heterocycles. The summed E-state index contributed by atoms with van der Waals surface area (Å²) < 4.78 is 5.12. The minimum absolute atomic E-state index is 0.118. The Morgan fingerprint density at radius 2 is 2.00 bits per heavy atom. The van der Waals surface area contributed by atoms with Gasteiger partial charge in [-0.1, -0.05) is 0 Å². The fraction of sp³-hybridized carbons (Fsp3) is 0.938. The van der Waals surface area contributed by atoms with Crippen LogP contribution < -0.4 is 5.32 Å². The molecule has 0 aromatic rings. The van der Waals surface area contributed by atoms with E-state index >= 15 is 0 Å². The standard InChI is InChI=1S/C16H29N3O2/c1-3-21-15(20)19-9-6-16(12-19)10-14(11-16)18-7-4-13(17-2)5-8-18/h13-14,17H,3-12H2,1-2H3. The largest absolute Gasteiger partial charge is 0.450 e. The zero-order valence-corrected chi connectivity index (χ0v) is 13.4. The molecule has 3 fully saturated rings. The van der Waals surface area contributed by atoms with E-state index in [1.807, 2.05) is 11.8 Å². The third-order valence-corrected chi connectivity index (χ3v) is 5.76. The molecule has 0 bridgehead atoms. The molecule has 0 radical (unpaired) electrons. The molecule has 1 spiro atoms. The highest BCUT2D eigenvalue weighted by molar-refractivity contribution is 5.68. The van der Waals surface area contributed by atoms with Gasteiger partial charge in [0.25, 0.3) is 0 Å². The molecule has 0 unspecified atom stereocenters. The van der Waals surface area contributed by atoms with Crippen molar-refractivity contribution < 1.29 is 9.53 Å². The highest BCUT2D eigenvalue weighted by atomic mass is 16.6. The number of likely N-dealkylation sites (tertiary alicyclic amines) is 2. The van der Waals surface area contributed by atoms with Gasteiger partial charge in [-0.2, -0.15) is 0 Å². The Morgan fingerprint density at radius 3 is 2.62 bits per heavy atom. The highest BCUT2D eigenvalue weighted by Gasteiger charge is 2.51.